The van der Waals surface area contributed by atoms with E-state index in [4.69, 9.17) is 21.1 Å². The van der Waals surface area contributed by atoms with E-state index in [0.29, 0.717) is 30.0 Å². The fourth-order valence-electron chi connectivity index (χ4n) is 3.46. The molecule has 1 fully saturated rings. The summed E-state index contributed by atoms with van der Waals surface area (Å²) in [5, 5.41) is 4.86. The molecule has 4 rings (SSSR count). The van der Waals surface area contributed by atoms with Gasteiger partial charge < -0.3 is 9.47 Å². The van der Waals surface area contributed by atoms with Gasteiger partial charge in [-0.05, 0) is 37.1 Å². The fraction of sp³-hybridized carbons (Fsp3) is 0.529. The van der Waals surface area contributed by atoms with E-state index in [2.05, 4.69) is 21.0 Å². The van der Waals surface area contributed by atoms with Crippen LogP contribution in [0, 0.1) is 0 Å². The van der Waals surface area contributed by atoms with Crippen LogP contribution in [0.15, 0.2) is 24.8 Å². The molecular formula is C17H21ClN4O2. The van der Waals surface area contributed by atoms with Gasteiger partial charge in [0.25, 0.3) is 0 Å². The number of aromatic nitrogens is 3. The van der Waals surface area contributed by atoms with Gasteiger partial charge in [-0.15, -0.1) is 0 Å². The molecule has 1 aromatic heterocycles. The van der Waals surface area contributed by atoms with Crippen molar-refractivity contribution in [1.82, 2.24) is 19.7 Å². The Kier molecular flexibility index (Phi) is 4.58. The highest BCUT2D eigenvalue weighted by Crippen LogP contribution is 2.38. The third kappa shape index (κ3) is 3.35. The van der Waals surface area contributed by atoms with Crippen LogP contribution in [0.3, 0.4) is 0 Å². The van der Waals surface area contributed by atoms with Crippen molar-refractivity contribution in [2.45, 2.75) is 38.4 Å². The maximum atomic E-state index is 6.41. The Morgan fingerprint density at radius 1 is 1.21 bits per heavy atom. The number of rotatable bonds is 4. The van der Waals surface area contributed by atoms with Crippen molar-refractivity contribution in [3.63, 3.8) is 0 Å². The van der Waals surface area contributed by atoms with Crippen LogP contribution < -0.4 is 9.47 Å². The lowest BCUT2D eigenvalue weighted by Crippen LogP contribution is -2.32. The number of halogens is 1. The third-order valence-electron chi connectivity index (χ3n) is 4.61. The molecule has 0 bridgehead atoms. The largest absolute Gasteiger partial charge is 0.489 e. The van der Waals surface area contributed by atoms with Gasteiger partial charge in [0.1, 0.15) is 12.7 Å². The number of likely N-dealkylation sites (tertiary alicyclic amines) is 1. The first-order valence-electron chi connectivity index (χ1n) is 8.44. The quantitative estimate of drug-likeness (QED) is 0.850. The zero-order valence-electron chi connectivity index (χ0n) is 13.5. The number of hydrogen-bond donors (Lipinski definition) is 0. The van der Waals surface area contributed by atoms with Gasteiger partial charge in [0.05, 0.1) is 24.8 Å². The smallest absolute Gasteiger partial charge is 0.179 e. The first-order chi connectivity index (χ1) is 11.8. The maximum Gasteiger partial charge on any atom is 0.179 e. The zero-order chi connectivity index (χ0) is 16.4. The SMILES string of the molecule is Clc1cc(CN2CCC[C@H]2Cn2cncn2)cc2c1OCCCO2. The van der Waals surface area contributed by atoms with Crippen LogP contribution in [0.1, 0.15) is 24.8 Å². The molecule has 3 heterocycles. The number of ether oxygens (including phenoxy) is 2. The molecule has 1 atom stereocenters. The lowest BCUT2D eigenvalue weighted by Gasteiger charge is -2.25. The van der Waals surface area contributed by atoms with Gasteiger partial charge in [-0.2, -0.15) is 5.10 Å². The second-order valence-electron chi connectivity index (χ2n) is 6.34. The minimum atomic E-state index is 0.474. The molecular weight excluding hydrogens is 328 g/mol. The summed E-state index contributed by atoms with van der Waals surface area (Å²) in [5.74, 6) is 1.44. The predicted octanol–water partition coefficient (Wildman–Crippen LogP) is 2.76. The molecule has 24 heavy (non-hydrogen) atoms. The molecule has 0 saturated carbocycles. The van der Waals surface area contributed by atoms with E-state index in [9.17, 15) is 0 Å². The molecule has 0 radical (unpaired) electrons. The first-order valence-corrected chi connectivity index (χ1v) is 8.82. The van der Waals surface area contributed by atoms with E-state index in [1.165, 1.54) is 12.8 Å². The average Bonchev–Trinajstić information content (AvgIpc) is 3.16. The Hall–Kier alpha value is -1.79. The minimum absolute atomic E-state index is 0.474. The highest BCUT2D eigenvalue weighted by Gasteiger charge is 2.26. The van der Waals surface area contributed by atoms with Gasteiger partial charge in [-0.1, -0.05) is 11.6 Å². The summed E-state index contributed by atoms with van der Waals surface area (Å²) in [7, 11) is 0. The molecule has 7 heteroatoms. The van der Waals surface area contributed by atoms with E-state index in [1.807, 2.05) is 10.7 Å². The molecule has 0 spiro atoms. The van der Waals surface area contributed by atoms with Crippen molar-refractivity contribution >= 4 is 11.6 Å². The predicted molar refractivity (Wildman–Crippen MR) is 90.5 cm³/mol. The Bertz CT molecular complexity index is 692. The number of hydrogen-bond acceptors (Lipinski definition) is 5. The summed E-state index contributed by atoms with van der Waals surface area (Å²) in [6, 6.07) is 4.54. The van der Waals surface area contributed by atoms with Crippen LogP contribution in [0.5, 0.6) is 11.5 Å². The van der Waals surface area contributed by atoms with Gasteiger partial charge >= 0.3 is 0 Å². The molecule has 0 unspecified atom stereocenters. The average molecular weight is 349 g/mol. The standard InChI is InChI=1S/C17H21ClN4O2/c18-15-7-13(8-16-17(15)24-6-2-5-23-16)9-21-4-1-3-14(21)10-22-12-19-11-20-22/h7-8,11-12,14H,1-6,9-10H2/t14-/m0/s1. The molecule has 2 aliphatic heterocycles. The molecule has 6 nitrogen and oxygen atoms in total. The molecule has 0 amide bonds. The fourth-order valence-corrected chi connectivity index (χ4v) is 3.75. The van der Waals surface area contributed by atoms with Crippen LogP contribution in [0.25, 0.3) is 0 Å². The van der Waals surface area contributed by atoms with Gasteiger partial charge in [-0.25, -0.2) is 4.98 Å². The van der Waals surface area contributed by atoms with Crippen molar-refractivity contribution < 1.29 is 9.47 Å². The van der Waals surface area contributed by atoms with Gasteiger partial charge in [0.2, 0.25) is 0 Å². The Morgan fingerprint density at radius 2 is 2.12 bits per heavy atom. The molecule has 2 aromatic rings. The summed E-state index contributed by atoms with van der Waals surface area (Å²) < 4.78 is 13.4. The van der Waals surface area contributed by atoms with Gasteiger partial charge in [0, 0.05) is 19.0 Å². The normalized spacial score (nSPS) is 21.0. The van der Waals surface area contributed by atoms with Gasteiger partial charge in [-0.3, -0.25) is 9.58 Å². The highest BCUT2D eigenvalue weighted by molar-refractivity contribution is 6.32. The summed E-state index contributed by atoms with van der Waals surface area (Å²) >= 11 is 6.41. The van der Waals surface area contributed by atoms with E-state index in [-0.39, 0.29) is 0 Å². The topological polar surface area (TPSA) is 52.4 Å². The first kappa shape index (κ1) is 15.7. The van der Waals surface area contributed by atoms with Crippen LogP contribution in [-0.2, 0) is 13.1 Å². The second kappa shape index (κ2) is 6.99. The van der Waals surface area contributed by atoms with Crippen molar-refractivity contribution in [3.8, 4) is 11.5 Å². The van der Waals surface area contributed by atoms with Crippen LogP contribution in [-0.4, -0.2) is 45.5 Å². The summed E-state index contributed by atoms with van der Waals surface area (Å²) in [5.41, 5.74) is 1.16. The molecule has 2 aliphatic rings. The molecule has 1 saturated heterocycles. The van der Waals surface area contributed by atoms with E-state index >= 15 is 0 Å². The minimum Gasteiger partial charge on any atom is -0.489 e. The number of benzene rings is 1. The van der Waals surface area contributed by atoms with Crippen molar-refractivity contribution in [2.24, 2.45) is 0 Å². The van der Waals surface area contributed by atoms with E-state index in [0.717, 1.165) is 37.4 Å². The molecule has 128 valence electrons. The van der Waals surface area contributed by atoms with Crippen LogP contribution in [0.2, 0.25) is 5.02 Å². The number of nitrogens with zero attached hydrogens (tertiary/aromatic N) is 4. The third-order valence-corrected chi connectivity index (χ3v) is 4.89. The molecule has 1 aromatic carbocycles. The monoisotopic (exact) mass is 348 g/mol. The van der Waals surface area contributed by atoms with E-state index in [1.54, 1.807) is 12.7 Å². The highest BCUT2D eigenvalue weighted by atomic mass is 35.5. The van der Waals surface area contributed by atoms with Crippen LogP contribution >= 0.6 is 11.6 Å². The van der Waals surface area contributed by atoms with Crippen molar-refractivity contribution in [2.75, 3.05) is 19.8 Å². The van der Waals surface area contributed by atoms with E-state index < -0.39 is 0 Å². The summed E-state index contributed by atoms with van der Waals surface area (Å²) in [4.78, 5) is 6.51. The van der Waals surface area contributed by atoms with Crippen molar-refractivity contribution in [1.29, 1.82) is 0 Å². The second-order valence-corrected chi connectivity index (χ2v) is 6.75. The summed E-state index contributed by atoms with van der Waals surface area (Å²) in [6.45, 7) is 4.14. The maximum absolute atomic E-state index is 6.41. The molecule has 0 aliphatic carbocycles. The Balaban J connectivity index is 1.50. The Labute approximate surface area is 146 Å². The van der Waals surface area contributed by atoms with Gasteiger partial charge in [0.15, 0.2) is 11.5 Å². The number of fused-ring (bicyclic) bond motifs is 1. The van der Waals surface area contributed by atoms with Crippen LogP contribution in [0.4, 0.5) is 0 Å². The lowest BCUT2D eigenvalue weighted by molar-refractivity contribution is 0.218. The summed E-state index contributed by atoms with van der Waals surface area (Å²) in [6.07, 6.45) is 6.63. The lowest BCUT2D eigenvalue weighted by atomic mass is 10.1. The Morgan fingerprint density at radius 3 is 3.00 bits per heavy atom. The zero-order valence-corrected chi connectivity index (χ0v) is 14.3. The molecule has 0 N–H and O–H groups in total. The van der Waals surface area contributed by atoms with Crippen molar-refractivity contribution in [3.05, 3.63) is 35.4 Å².